The molecule has 1 fully saturated rings. The Labute approximate surface area is 252 Å². The first-order valence-electron chi connectivity index (χ1n) is 16.6. The molecule has 234 valence electrons. The molecule has 2 aliphatic rings. The van der Waals surface area contributed by atoms with Crippen LogP contribution in [0.4, 0.5) is 0 Å². The second-order valence-electron chi connectivity index (χ2n) is 12.3. The lowest BCUT2D eigenvalue weighted by atomic mass is 9.72. The third kappa shape index (κ3) is 15.6. The highest BCUT2D eigenvalue weighted by molar-refractivity contribution is 6.00. The summed E-state index contributed by atoms with van der Waals surface area (Å²) in [6, 6.07) is 6.10. The van der Waals surface area contributed by atoms with Gasteiger partial charge in [-0.2, -0.15) is 0 Å². The third-order valence-electron chi connectivity index (χ3n) is 8.31. The summed E-state index contributed by atoms with van der Waals surface area (Å²) < 4.78 is 0. The average molecular weight is 571 g/mol. The molecule has 1 saturated carbocycles. The van der Waals surface area contributed by atoms with Gasteiger partial charge in [0.1, 0.15) is 17.3 Å². The van der Waals surface area contributed by atoms with Crippen LogP contribution in [0.15, 0.2) is 18.2 Å². The SMILES string of the molecule is CCC.CCC(C)=O.CCC1CCCC1.CCCC(CC1CC(=O)c2c(C)cccc2C1)C(CC)C(=O)CC(C)=O. The Morgan fingerprint density at radius 1 is 0.878 bits per heavy atom. The van der Waals surface area contributed by atoms with Crippen LogP contribution in [-0.4, -0.2) is 23.1 Å². The third-order valence-corrected chi connectivity index (χ3v) is 8.31. The maximum Gasteiger partial charge on any atom is 0.163 e. The lowest BCUT2D eigenvalue weighted by Gasteiger charge is -2.31. The van der Waals surface area contributed by atoms with Crippen molar-refractivity contribution in [1.29, 1.82) is 0 Å². The molecule has 0 spiro atoms. The number of carbonyl (C=O) groups excluding carboxylic acids is 4. The lowest BCUT2D eigenvalue weighted by molar-refractivity contribution is -0.130. The van der Waals surface area contributed by atoms with E-state index in [0.29, 0.717) is 18.8 Å². The summed E-state index contributed by atoms with van der Waals surface area (Å²) >= 11 is 0. The van der Waals surface area contributed by atoms with E-state index in [2.05, 4.69) is 33.8 Å². The Hall–Kier alpha value is -2.10. The first-order chi connectivity index (χ1) is 19.5. The molecule has 2 aliphatic carbocycles. The minimum absolute atomic E-state index is 0.0460. The second-order valence-corrected chi connectivity index (χ2v) is 12.3. The van der Waals surface area contributed by atoms with Gasteiger partial charge in [-0.25, -0.2) is 0 Å². The predicted molar refractivity (Wildman–Crippen MR) is 174 cm³/mol. The zero-order valence-electron chi connectivity index (χ0n) is 28.1. The molecule has 0 amide bonds. The molecule has 1 aromatic rings. The van der Waals surface area contributed by atoms with Crippen molar-refractivity contribution < 1.29 is 19.2 Å². The van der Waals surface area contributed by atoms with Gasteiger partial charge in [-0.3, -0.25) is 14.4 Å². The van der Waals surface area contributed by atoms with Crippen molar-refractivity contribution in [2.75, 3.05) is 0 Å². The summed E-state index contributed by atoms with van der Waals surface area (Å²) in [7, 11) is 0. The minimum atomic E-state index is -0.0622. The highest BCUT2D eigenvalue weighted by Gasteiger charge is 2.32. The number of rotatable bonds is 11. The van der Waals surface area contributed by atoms with Gasteiger partial charge in [-0.15, -0.1) is 0 Å². The van der Waals surface area contributed by atoms with Gasteiger partial charge < -0.3 is 4.79 Å². The number of hydrogen-bond donors (Lipinski definition) is 0. The molecule has 4 heteroatoms. The smallest absolute Gasteiger partial charge is 0.163 e. The van der Waals surface area contributed by atoms with Crippen molar-refractivity contribution in [3.8, 4) is 0 Å². The van der Waals surface area contributed by atoms with E-state index in [1.165, 1.54) is 45.4 Å². The number of aryl methyl sites for hydroxylation is 1. The maximum atomic E-state index is 12.7. The molecule has 0 aliphatic heterocycles. The highest BCUT2D eigenvalue weighted by Crippen LogP contribution is 2.36. The summed E-state index contributed by atoms with van der Waals surface area (Å²) in [5, 5.41) is 0. The quantitative estimate of drug-likeness (QED) is 0.248. The number of carbonyl (C=O) groups is 4. The Balaban J connectivity index is 0.000000868. The van der Waals surface area contributed by atoms with E-state index in [1.54, 1.807) is 6.92 Å². The van der Waals surface area contributed by atoms with Crippen LogP contribution < -0.4 is 0 Å². The zero-order valence-corrected chi connectivity index (χ0v) is 28.1. The van der Waals surface area contributed by atoms with Crippen molar-refractivity contribution >= 4 is 23.1 Å². The summed E-state index contributed by atoms with van der Waals surface area (Å²) in [4.78, 5) is 46.4. The Morgan fingerprint density at radius 2 is 1.46 bits per heavy atom. The monoisotopic (exact) mass is 570 g/mol. The van der Waals surface area contributed by atoms with Gasteiger partial charge in [0, 0.05) is 24.3 Å². The number of benzene rings is 1. The van der Waals surface area contributed by atoms with E-state index in [4.69, 9.17) is 0 Å². The Morgan fingerprint density at radius 3 is 1.90 bits per heavy atom. The fourth-order valence-corrected chi connectivity index (χ4v) is 6.11. The minimum Gasteiger partial charge on any atom is -0.300 e. The standard InChI is InChI=1S/C23H32O3.C7H14.C4H8O.C3H8/c1-5-8-18(20(6-2)21(25)11-16(4)24)12-17-13-19-10-7-9-15(3)23(19)22(26)14-17;1-2-7-5-3-4-6-7;1-3-4(2)5;1-3-2/h7,9-10,17-18,20H,5-6,8,11-14H2,1-4H3;7H,2-6H2,1H3;3H2,1-2H3;3H2,1-2H3. The van der Waals surface area contributed by atoms with Crippen molar-refractivity contribution in [3.63, 3.8) is 0 Å². The van der Waals surface area contributed by atoms with Gasteiger partial charge in [0.15, 0.2) is 5.78 Å². The highest BCUT2D eigenvalue weighted by atomic mass is 16.1. The molecule has 3 atom stereocenters. The van der Waals surface area contributed by atoms with Crippen LogP contribution in [-0.2, 0) is 20.8 Å². The van der Waals surface area contributed by atoms with Gasteiger partial charge in [-0.1, -0.05) is 111 Å². The molecule has 0 N–H and O–H groups in total. The van der Waals surface area contributed by atoms with E-state index in [0.717, 1.165) is 54.7 Å². The topological polar surface area (TPSA) is 68.3 Å². The van der Waals surface area contributed by atoms with Gasteiger partial charge >= 0.3 is 0 Å². The van der Waals surface area contributed by atoms with Crippen molar-refractivity contribution in [2.24, 2.45) is 23.7 Å². The van der Waals surface area contributed by atoms with Crippen molar-refractivity contribution in [1.82, 2.24) is 0 Å². The average Bonchev–Trinajstić information content (AvgIpc) is 3.44. The fraction of sp³-hybridized carbons (Fsp3) is 0.730. The van der Waals surface area contributed by atoms with Crippen LogP contribution in [0.5, 0.6) is 0 Å². The summed E-state index contributed by atoms with van der Waals surface area (Å²) in [5.74, 6) is 2.12. The number of fused-ring (bicyclic) bond motifs is 1. The lowest BCUT2D eigenvalue weighted by Crippen LogP contribution is -2.29. The predicted octanol–water partition coefficient (Wildman–Crippen LogP) is 10.1. The van der Waals surface area contributed by atoms with Crippen LogP contribution in [0.3, 0.4) is 0 Å². The van der Waals surface area contributed by atoms with Gasteiger partial charge in [0.25, 0.3) is 0 Å². The van der Waals surface area contributed by atoms with Crippen LogP contribution in [0.1, 0.15) is 160 Å². The summed E-state index contributed by atoms with van der Waals surface area (Å²) in [6.07, 6.45) is 14.6. The molecule has 0 radical (unpaired) electrons. The summed E-state index contributed by atoms with van der Waals surface area (Å²) in [5.41, 5.74) is 3.14. The number of hydrogen-bond acceptors (Lipinski definition) is 4. The van der Waals surface area contributed by atoms with E-state index in [9.17, 15) is 19.2 Å². The van der Waals surface area contributed by atoms with Gasteiger partial charge in [0.05, 0.1) is 6.42 Å². The molecule has 0 bridgehead atoms. The van der Waals surface area contributed by atoms with Crippen LogP contribution >= 0.6 is 0 Å². The molecule has 0 saturated heterocycles. The molecule has 41 heavy (non-hydrogen) atoms. The molecule has 3 rings (SSSR count). The molecule has 0 aromatic heterocycles. The van der Waals surface area contributed by atoms with E-state index < -0.39 is 0 Å². The van der Waals surface area contributed by atoms with Gasteiger partial charge in [-0.05, 0) is 68.9 Å². The maximum absolute atomic E-state index is 12.7. The van der Waals surface area contributed by atoms with Crippen LogP contribution in [0, 0.1) is 30.6 Å². The molecular formula is C37H62O4. The normalized spacial score (nSPS) is 17.4. The van der Waals surface area contributed by atoms with Crippen molar-refractivity contribution in [2.45, 2.75) is 152 Å². The van der Waals surface area contributed by atoms with E-state index in [1.807, 2.05) is 32.9 Å². The second kappa shape index (κ2) is 22.5. The van der Waals surface area contributed by atoms with Crippen LogP contribution in [0.25, 0.3) is 0 Å². The summed E-state index contributed by atoms with van der Waals surface area (Å²) in [6.45, 7) is 17.7. The molecule has 0 heterocycles. The van der Waals surface area contributed by atoms with Crippen LogP contribution in [0.2, 0.25) is 0 Å². The fourth-order valence-electron chi connectivity index (χ4n) is 6.11. The molecular weight excluding hydrogens is 508 g/mol. The molecule has 1 aromatic carbocycles. The van der Waals surface area contributed by atoms with E-state index in [-0.39, 0.29) is 41.4 Å². The molecule has 3 unspecified atom stereocenters. The zero-order chi connectivity index (χ0) is 31.4. The first kappa shape index (κ1) is 38.9. The number of Topliss-reactive ketones (excluding diaryl/α,β-unsaturated/α-hetero) is 4. The van der Waals surface area contributed by atoms with Gasteiger partial charge in [0.2, 0.25) is 0 Å². The Bertz CT molecular complexity index is 910. The molecule has 4 nitrogen and oxygen atoms in total. The van der Waals surface area contributed by atoms with Crippen molar-refractivity contribution in [3.05, 3.63) is 34.9 Å². The first-order valence-corrected chi connectivity index (χ1v) is 16.6. The van der Waals surface area contributed by atoms with E-state index >= 15 is 0 Å². The Kier molecular flexibility index (Phi) is 21.3. The number of ketones is 4. The largest absolute Gasteiger partial charge is 0.300 e.